The highest BCUT2D eigenvalue weighted by molar-refractivity contribution is 6.35. The number of amidine groups is 1. The van der Waals surface area contributed by atoms with E-state index < -0.39 is 0 Å². The van der Waals surface area contributed by atoms with E-state index >= 15 is 0 Å². The summed E-state index contributed by atoms with van der Waals surface area (Å²) in [6.07, 6.45) is 0. The summed E-state index contributed by atoms with van der Waals surface area (Å²) >= 11 is 12.0. The molecular weight excluding hydrogens is 311 g/mol. The van der Waals surface area contributed by atoms with Crippen LogP contribution in [0.1, 0.15) is 16.7 Å². The smallest absolute Gasteiger partial charge is 0.170 e. The maximum absolute atomic E-state index is 8.71. The summed E-state index contributed by atoms with van der Waals surface area (Å²) in [5, 5.41) is 12.8. The lowest BCUT2D eigenvalue weighted by Gasteiger charge is -2.12. The van der Waals surface area contributed by atoms with Crippen LogP contribution in [0.2, 0.25) is 10.0 Å². The van der Waals surface area contributed by atoms with E-state index in [1.807, 2.05) is 19.1 Å². The molecule has 0 amide bonds. The second-order valence-corrected chi connectivity index (χ2v) is 5.33. The van der Waals surface area contributed by atoms with E-state index in [-0.39, 0.29) is 5.84 Å². The molecule has 6 heteroatoms. The Hall–Kier alpha value is -1.91. The maximum Gasteiger partial charge on any atom is 0.170 e. The Balaban J connectivity index is 2.19. The predicted octanol–water partition coefficient (Wildman–Crippen LogP) is 3.98. The van der Waals surface area contributed by atoms with Crippen molar-refractivity contribution in [2.75, 3.05) is 0 Å². The van der Waals surface area contributed by atoms with Crippen molar-refractivity contribution >= 4 is 29.0 Å². The lowest BCUT2D eigenvalue weighted by atomic mass is 10.1. The number of benzene rings is 2. The van der Waals surface area contributed by atoms with Gasteiger partial charge in [0.05, 0.1) is 0 Å². The number of aryl methyl sites for hydroxylation is 1. The summed E-state index contributed by atoms with van der Waals surface area (Å²) in [6.45, 7) is 2.21. The van der Waals surface area contributed by atoms with Gasteiger partial charge < -0.3 is 15.7 Å². The zero-order chi connectivity index (χ0) is 15.4. The lowest BCUT2D eigenvalue weighted by Crippen LogP contribution is -2.13. The molecule has 2 rings (SSSR count). The molecule has 21 heavy (non-hydrogen) atoms. The average molecular weight is 325 g/mol. The second kappa shape index (κ2) is 6.70. The first-order valence-corrected chi connectivity index (χ1v) is 6.92. The standard InChI is InChI=1S/C15H14Cl2N2O2/c1-9-2-3-10(15(18)19-20)6-14(9)21-8-11-4-5-12(16)7-13(11)17/h2-7,20H,8H2,1H3,(H2,18,19). The highest BCUT2D eigenvalue weighted by Gasteiger charge is 2.07. The normalized spacial score (nSPS) is 11.5. The van der Waals surface area contributed by atoms with Gasteiger partial charge in [-0.3, -0.25) is 0 Å². The van der Waals surface area contributed by atoms with Gasteiger partial charge in [-0.25, -0.2) is 0 Å². The number of nitrogens with two attached hydrogens (primary N) is 1. The Morgan fingerprint density at radius 2 is 2.00 bits per heavy atom. The van der Waals surface area contributed by atoms with Gasteiger partial charge in [-0.1, -0.05) is 46.6 Å². The molecule has 0 radical (unpaired) electrons. The number of hydrogen-bond donors (Lipinski definition) is 2. The molecule has 0 heterocycles. The van der Waals surface area contributed by atoms with Crippen molar-refractivity contribution in [3.8, 4) is 5.75 Å². The number of hydrogen-bond acceptors (Lipinski definition) is 3. The van der Waals surface area contributed by atoms with E-state index in [0.29, 0.717) is 28.0 Å². The fraction of sp³-hybridized carbons (Fsp3) is 0.133. The minimum atomic E-state index is 0.0318. The Bertz CT molecular complexity index is 687. The van der Waals surface area contributed by atoms with Crippen LogP contribution in [0.5, 0.6) is 5.75 Å². The summed E-state index contributed by atoms with van der Waals surface area (Å²) < 4.78 is 5.76. The van der Waals surface area contributed by atoms with Crippen molar-refractivity contribution in [3.05, 3.63) is 63.1 Å². The third-order valence-corrected chi connectivity index (χ3v) is 3.58. The highest BCUT2D eigenvalue weighted by Crippen LogP contribution is 2.25. The Morgan fingerprint density at radius 1 is 1.24 bits per heavy atom. The van der Waals surface area contributed by atoms with Crippen LogP contribution in [0.3, 0.4) is 0 Å². The molecule has 4 nitrogen and oxygen atoms in total. The summed E-state index contributed by atoms with van der Waals surface area (Å²) in [6, 6.07) is 10.5. The van der Waals surface area contributed by atoms with Gasteiger partial charge in [0.2, 0.25) is 0 Å². The first-order valence-electron chi connectivity index (χ1n) is 6.16. The minimum absolute atomic E-state index is 0.0318. The average Bonchev–Trinajstić information content (AvgIpc) is 2.47. The van der Waals surface area contributed by atoms with Crippen LogP contribution >= 0.6 is 23.2 Å². The van der Waals surface area contributed by atoms with Gasteiger partial charge in [0.25, 0.3) is 0 Å². The van der Waals surface area contributed by atoms with E-state index in [9.17, 15) is 0 Å². The molecule has 2 aromatic carbocycles. The number of halogens is 2. The van der Waals surface area contributed by atoms with Crippen LogP contribution < -0.4 is 10.5 Å². The number of rotatable bonds is 4. The van der Waals surface area contributed by atoms with E-state index in [0.717, 1.165) is 11.1 Å². The zero-order valence-corrected chi connectivity index (χ0v) is 12.8. The number of ether oxygens (including phenoxy) is 1. The predicted molar refractivity (Wildman–Crippen MR) is 84.5 cm³/mol. The van der Waals surface area contributed by atoms with Gasteiger partial charge in [-0.15, -0.1) is 0 Å². The topological polar surface area (TPSA) is 67.8 Å². The van der Waals surface area contributed by atoms with Crippen molar-refractivity contribution in [3.63, 3.8) is 0 Å². The maximum atomic E-state index is 8.71. The third kappa shape index (κ3) is 3.80. The molecule has 0 aliphatic rings. The molecule has 0 aliphatic carbocycles. The summed E-state index contributed by atoms with van der Waals surface area (Å²) in [5.74, 6) is 0.675. The number of oxime groups is 1. The molecule has 0 spiro atoms. The zero-order valence-electron chi connectivity index (χ0n) is 11.3. The van der Waals surface area contributed by atoms with Gasteiger partial charge in [0.15, 0.2) is 5.84 Å². The van der Waals surface area contributed by atoms with Crippen molar-refractivity contribution < 1.29 is 9.94 Å². The molecule has 3 N–H and O–H groups in total. The number of nitrogens with zero attached hydrogens (tertiary/aromatic N) is 1. The van der Waals surface area contributed by atoms with Crippen molar-refractivity contribution in [1.82, 2.24) is 0 Å². The third-order valence-electron chi connectivity index (χ3n) is 2.99. The minimum Gasteiger partial charge on any atom is -0.489 e. The van der Waals surface area contributed by atoms with Gasteiger partial charge >= 0.3 is 0 Å². The summed E-state index contributed by atoms with van der Waals surface area (Å²) in [7, 11) is 0. The molecule has 0 aliphatic heterocycles. The SMILES string of the molecule is Cc1ccc(/C(N)=N/O)cc1OCc1ccc(Cl)cc1Cl. The fourth-order valence-corrected chi connectivity index (χ4v) is 2.23. The van der Waals surface area contributed by atoms with Gasteiger partial charge in [-0.2, -0.15) is 0 Å². The van der Waals surface area contributed by atoms with Crippen molar-refractivity contribution in [2.24, 2.45) is 10.9 Å². The van der Waals surface area contributed by atoms with Gasteiger partial charge in [0, 0.05) is 21.2 Å². The van der Waals surface area contributed by atoms with Gasteiger partial charge in [-0.05, 0) is 30.7 Å². The van der Waals surface area contributed by atoms with Crippen LogP contribution in [-0.2, 0) is 6.61 Å². The van der Waals surface area contributed by atoms with E-state index in [1.165, 1.54) is 0 Å². The largest absolute Gasteiger partial charge is 0.489 e. The fourth-order valence-electron chi connectivity index (χ4n) is 1.77. The van der Waals surface area contributed by atoms with Crippen LogP contribution in [-0.4, -0.2) is 11.0 Å². The van der Waals surface area contributed by atoms with E-state index in [1.54, 1.807) is 24.3 Å². The van der Waals surface area contributed by atoms with Crippen molar-refractivity contribution in [1.29, 1.82) is 0 Å². The first-order chi connectivity index (χ1) is 10.0. The molecule has 0 atom stereocenters. The Kier molecular flexibility index (Phi) is 4.94. The molecule has 0 saturated carbocycles. The van der Waals surface area contributed by atoms with E-state index in [4.69, 9.17) is 38.9 Å². The second-order valence-electron chi connectivity index (χ2n) is 4.49. The first kappa shape index (κ1) is 15.5. The molecular formula is C15H14Cl2N2O2. The van der Waals surface area contributed by atoms with Crippen LogP contribution in [0.4, 0.5) is 0 Å². The molecule has 110 valence electrons. The summed E-state index contributed by atoms with van der Waals surface area (Å²) in [5.41, 5.74) is 7.92. The molecule has 2 aromatic rings. The molecule has 0 unspecified atom stereocenters. The van der Waals surface area contributed by atoms with E-state index in [2.05, 4.69) is 5.16 Å². The van der Waals surface area contributed by atoms with Crippen molar-refractivity contribution in [2.45, 2.75) is 13.5 Å². The van der Waals surface area contributed by atoms with Gasteiger partial charge in [0.1, 0.15) is 12.4 Å². The highest BCUT2D eigenvalue weighted by atomic mass is 35.5. The molecule has 0 saturated heterocycles. The molecule has 0 aromatic heterocycles. The molecule has 0 fully saturated rings. The Labute approximate surface area is 132 Å². The van der Waals surface area contributed by atoms with Crippen LogP contribution in [0.15, 0.2) is 41.6 Å². The quantitative estimate of drug-likeness (QED) is 0.387. The summed E-state index contributed by atoms with van der Waals surface area (Å²) in [4.78, 5) is 0. The van der Waals surface area contributed by atoms with Crippen LogP contribution in [0.25, 0.3) is 0 Å². The Morgan fingerprint density at radius 3 is 2.67 bits per heavy atom. The molecule has 0 bridgehead atoms. The lowest BCUT2D eigenvalue weighted by molar-refractivity contribution is 0.304. The van der Waals surface area contributed by atoms with Crippen LogP contribution in [0, 0.1) is 6.92 Å². The monoisotopic (exact) mass is 324 g/mol.